The molecule has 4 aromatic rings. The molecule has 0 bridgehead atoms. The summed E-state index contributed by atoms with van der Waals surface area (Å²) in [5.41, 5.74) is 2.43. The fraction of sp³-hybridized carbons (Fsp3) is 0.120. The Bertz CT molecular complexity index is 1080. The van der Waals surface area contributed by atoms with E-state index in [-0.39, 0.29) is 0 Å². The van der Waals surface area contributed by atoms with Crippen LogP contribution in [0, 0.1) is 0 Å². The molecule has 0 aromatic heterocycles. The van der Waals surface area contributed by atoms with E-state index in [1.807, 2.05) is 25.1 Å². The van der Waals surface area contributed by atoms with Gasteiger partial charge in [-0.15, -0.1) is 0 Å². The normalized spacial score (nSPS) is 11.3. The van der Waals surface area contributed by atoms with Gasteiger partial charge in [0.15, 0.2) is 0 Å². The van der Waals surface area contributed by atoms with Crippen LogP contribution in [0.5, 0.6) is 5.75 Å². The van der Waals surface area contributed by atoms with Gasteiger partial charge >= 0.3 is 0 Å². The molecule has 2 nitrogen and oxygen atoms in total. The van der Waals surface area contributed by atoms with Crippen LogP contribution in [0.25, 0.3) is 32.7 Å². The molecule has 0 atom stereocenters. The van der Waals surface area contributed by atoms with Gasteiger partial charge in [0.2, 0.25) is 0 Å². The van der Waals surface area contributed by atoms with Crippen LogP contribution in [-0.2, 0) is 4.74 Å². The zero-order valence-corrected chi connectivity index (χ0v) is 15.4. The molecule has 0 fully saturated rings. The van der Waals surface area contributed by atoms with Gasteiger partial charge < -0.3 is 9.47 Å². The predicted octanol–water partition coefficient (Wildman–Crippen LogP) is 6.59. The molecule has 0 aliphatic heterocycles. The third-order valence-electron chi connectivity index (χ3n) is 4.61. The van der Waals surface area contributed by atoms with E-state index in [4.69, 9.17) is 9.47 Å². The van der Waals surface area contributed by atoms with Crippen molar-refractivity contribution in [2.24, 2.45) is 0 Å². The van der Waals surface area contributed by atoms with Crippen molar-refractivity contribution < 1.29 is 9.47 Å². The van der Waals surface area contributed by atoms with Crippen molar-refractivity contribution in [3.05, 3.63) is 91.2 Å². The average molecular weight is 354 g/mol. The third kappa shape index (κ3) is 3.80. The van der Waals surface area contributed by atoms with Gasteiger partial charge in [0.1, 0.15) is 19.0 Å². The molecule has 0 radical (unpaired) electrons. The van der Waals surface area contributed by atoms with Crippen LogP contribution in [0.4, 0.5) is 0 Å². The Kier molecular flexibility index (Phi) is 5.06. The van der Waals surface area contributed by atoms with Crippen LogP contribution in [0.3, 0.4) is 0 Å². The maximum Gasteiger partial charge on any atom is 0.122 e. The summed E-state index contributed by atoms with van der Waals surface area (Å²) < 4.78 is 11.0. The summed E-state index contributed by atoms with van der Waals surface area (Å²) in [5, 5.41) is 5.06. The molecule has 0 aliphatic rings. The number of benzene rings is 4. The van der Waals surface area contributed by atoms with Gasteiger partial charge in [-0.25, -0.2) is 0 Å². The first kappa shape index (κ1) is 17.2. The zero-order valence-electron chi connectivity index (χ0n) is 15.4. The van der Waals surface area contributed by atoms with Gasteiger partial charge in [0.25, 0.3) is 0 Å². The van der Waals surface area contributed by atoms with Gasteiger partial charge in [0, 0.05) is 0 Å². The Balaban J connectivity index is 1.61. The Morgan fingerprint density at radius 2 is 1.48 bits per heavy atom. The van der Waals surface area contributed by atoms with Crippen molar-refractivity contribution in [1.82, 2.24) is 0 Å². The molecule has 0 saturated heterocycles. The van der Waals surface area contributed by atoms with Crippen molar-refractivity contribution >= 4 is 21.5 Å². The summed E-state index contributed by atoms with van der Waals surface area (Å²) in [6.07, 6.45) is 3.54. The van der Waals surface area contributed by atoms with E-state index >= 15 is 0 Å². The standard InChI is InChI=1S/C25H22O2/c1-2-14-26-15-16-27-23-12-10-19(11-13-23)24-9-5-8-22-17-20-6-3-4-7-21(20)18-25(22)24/h2-14,17-18H,15-16H2,1H3. The van der Waals surface area contributed by atoms with Crippen LogP contribution in [0.15, 0.2) is 91.2 Å². The Labute approximate surface area is 159 Å². The number of hydrogen-bond donors (Lipinski definition) is 0. The molecule has 4 rings (SSSR count). The van der Waals surface area contributed by atoms with Gasteiger partial charge in [-0.05, 0) is 63.9 Å². The summed E-state index contributed by atoms with van der Waals surface area (Å²) in [5.74, 6) is 0.855. The molecule has 134 valence electrons. The summed E-state index contributed by atoms with van der Waals surface area (Å²) in [7, 11) is 0. The molecule has 0 spiro atoms. The topological polar surface area (TPSA) is 18.5 Å². The van der Waals surface area contributed by atoms with E-state index in [9.17, 15) is 0 Å². The Morgan fingerprint density at radius 3 is 2.26 bits per heavy atom. The van der Waals surface area contributed by atoms with Crippen molar-refractivity contribution in [2.45, 2.75) is 6.92 Å². The highest BCUT2D eigenvalue weighted by Crippen LogP contribution is 2.32. The van der Waals surface area contributed by atoms with Crippen LogP contribution < -0.4 is 4.74 Å². The van der Waals surface area contributed by atoms with E-state index in [0.29, 0.717) is 13.2 Å². The van der Waals surface area contributed by atoms with Gasteiger partial charge in [-0.1, -0.05) is 60.7 Å². The largest absolute Gasteiger partial charge is 0.498 e. The first-order valence-electron chi connectivity index (χ1n) is 9.23. The predicted molar refractivity (Wildman–Crippen MR) is 113 cm³/mol. The summed E-state index contributed by atoms with van der Waals surface area (Å²) >= 11 is 0. The van der Waals surface area contributed by atoms with Crippen molar-refractivity contribution in [3.8, 4) is 16.9 Å². The van der Waals surface area contributed by atoms with Crippen molar-refractivity contribution in [1.29, 1.82) is 0 Å². The van der Waals surface area contributed by atoms with Gasteiger partial charge in [0.05, 0.1) is 6.26 Å². The molecule has 2 heteroatoms. The maximum absolute atomic E-state index is 5.73. The lowest BCUT2D eigenvalue weighted by molar-refractivity contribution is 0.179. The number of ether oxygens (including phenoxy) is 2. The maximum atomic E-state index is 5.73. The average Bonchev–Trinajstić information content (AvgIpc) is 2.72. The highest BCUT2D eigenvalue weighted by atomic mass is 16.5. The number of rotatable bonds is 6. The molecule has 0 heterocycles. The minimum absolute atomic E-state index is 0.532. The second kappa shape index (κ2) is 7.96. The molecule has 27 heavy (non-hydrogen) atoms. The van der Waals surface area contributed by atoms with Gasteiger partial charge in [-0.3, -0.25) is 0 Å². The fourth-order valence-corrected chi connectivity index (χ4v) is 3.32. The summed E-state index contributed by atoms with van der Waals surface area (Å²) in [6, 6.07) is 27.8. The molecule has 4 aromatic carbocycles. The zero-order chi connectivity index (χ0) is 18.5. The highest BCUT2D eigenvalue weighted by Gasteiger charge is 2.06. The molecule has 0 amide bonds. The Morgan fingerprint density at radius 1 is 0.741 bits per heavy atom. The molecule has 0 unspecified atom stereocenters. The first-order valence-corrected chi connectivity index (χ1v) is 9.23. The SMILES string of the molecule is CC=COCCOc1ccc(-c2cccc3cc4ccccc4cc23)cc1. The summed E-state index contributed by atoms with van der Waals surface area (Å²) in [6.45, 7) is 3.00. The lowest BCUT2D eigenvalue weighted by Gasteiger charge is -2.10. The summed E-state index contributed by atoms with van der Waals surface area (Å²) in [4.78, 5) is 0. The minimum atomic E-state index is 0.532. The quantitative estimate of drug-likeness (QED) is 0.221. The smallest absolute Gasteiger partial charge is 0.122 e. The molecular weight excluding hydrogens is 332 g/mol. The number of fused-ring (bicyclic) bond motifs is 2. The van der Waals surface area contributed by atoms with E-state index in [2.05, 4.69) is 66.7 Å². The second-order valence-corrected chi connectivity index (χ2v) is 6.44. The van der Waals surface area contributed by atoms with Crippen molar-refractivity contribution in [2.75, 3.05) is 13.2 Å². The molecule has 0 aliphatic carbocycles. The molecule has 0 saturated carbocycles. The highest BCUT2D eigenvalue weighted by molar-refractivity contribution is 6.04. The lowest BCUT2D eigenvalue weighted by atomic mass is 9.95. The van der Waals surface area contributed by atoms with Crippen molar-refractivity contribution in [3.63, 3.8) is 0 Å². The monoisotopic (exact) mass is 354 g/mol. The van der Waals surface area contributed by atoms with E-state index in [1.165, 1.54) is 32.7 Å². The van der Waals surface area contributed by atoms with Crippen LogP contribution in [0.1, 0.15) is 6.92 Å². The van der Waals surface area contributed by atoms with E-state index in [0.717, 1.165) is 5.75 Å². The lowest BCUT2D eigenvalue weighted by Crippen LogP contribution is -2.03. The second-order valence-electron chi connectivity index (χ2n) is 6.44. The van der Waals surface area contributed by atoms with Gasteiger partial charge in [-0.2, -0.15) is 0 Å². The third-order valence-corrected chi connectivity index (χ3v) is 4.61. The van der Waals surface area contributed by atoms with Crippen LogP contribution >= 0.6 is 0 Å². The fourth-order valence-electron chi connectivity index (χ4n) is 3.32. The van der Waals surface area contributed by atoms with Crippen LogP contribution in [0.2, 0.25) is 0 Å². The first-order chi connectivity index (χ1) is 13.3. The van der Waals surface area contributed by atoms with E-state index in [1.54, 1.807) is 6.26 Å². The van der Waals surface area contributed by atoms with Crippen LogP contribution in [-0.4, -0.2) is 13.2 Å². The molecular formula is C25H22O2. The number of allylic oxidation sites excluding steroid dienone is 1. The Hall–Kier alpha value is -3.26. The minimum Gasteiger partial charge on any atom is -0.498 e. The number of hydrogen-bond acceptors (Lipinski definition) is 2. The molecule has 0 N–H and O–H groups in total. The van der Waals surface area contributed by atoms with E-state index < -0.39 is 0 Å².